The lowest BCUT2D eigenvalue weighted by atomic mass is 10.1. The molecule has 2 atom stereocenters. The van der Waals surface area contributed by atoms with Crippen LogP contribution < -0.4 is 5.32 Å². The Balaban J connectivity index is 1.32. The first-order chi connectivity index (χ1) is 12.7. The predicted molar refractivity (Wildman–Crippen MR) is 99.5 cm³/mol. The summed E-state index contributed by atoms with van der Waals surface area (Å²) in [7, 11) is 0. The highest BCUT2D eigenvalue weighted by Gasteiger charge is 2.25. The molecule has 7 heteroatoms. The fourth-order valence-corrected chi connectivity index (χ4v) is 3.31. The van der Waals surface area contributed by atoms with Crippen LogP contribution in [0.3, 0.4) is 0 Å². The van der Waals surface area contributed by atoms with Crippen molar-refractivity contribution in [3.05, 3.63) is 34.9 Å². The maximum absolute atomic E-state index is 12.3. The van der Waals surface area contributed by atoms with Gasteiger partial charge in [0.25, 0.3) is 0 Å². The fourth-order valence-electron chi connectivity index (χ4n) is 3.18. The monoisotopic (exact) mass is 382 g/mol. The van der Waals surface area contributed by atoms with Crippen molar-refractivity contribution in [3.63, 3.8) is 0 Å². The minimum absolute atomic E-state index is 0.0496. The molecule has 0 aliphatic carbocycles. The highest BCUT2D eigenvalue weighted by atomic mass is 35.5. The minimum Gasteiger partial charge on any atom is -0.379 e. The van der Waals surface area contributed by atoms with Gasteiger partial charge in [-0.3, -0.25) is 0 Å². The smallest absolute Gasteiger partial charge is 0.317 e. The molecular formula is C19H27ClN2O4. The number of morpholine rings is 1. The van der Waals surface area contributed by atoms with Crippen LogP contribution in [-0.2, 0) is 14.2 Å². The first-order valence-corrected chi connectivity index (χ1v) is 9.69. The van der Waals surface area contributed by atoms with E-state index in [0.29, 0.717) is 44.5 Å². The summed E-state index contributed by atoms with van der Waals surface area (Å²) in [5.41, 5.74) is 1.04. The zero-order valence-corrected chi connectivity index (χ0v) is 15.7. The number of hydrogen-bond donors (Lipinski definition) is 1. The summed E-state index contributed by atoms with van der Waals surface area (Å²) in [4.78, 5) is 14.1. The first-order valence-electron chi connectivity index (χ1n) is 9.31. The summed E-state index contributed by atoms with van der Waals surface area (Å²) in [6.45, 7) is 4.42. The van der Waals surface area contributed by atoms with Crippen molar-refractivity contribution in [1.29, 1.82) is 0 Å². The van der Waals surface area contributed by atoms with E-state index in [-0.39, 0.29) is 18.2 Å². The number of halogens is 1. The lowest BCUT2D eigenvalue weighted by Crippen LogP contribution is -2.47. The summed E-state index contributed by atoms with van der Waals surface area (Å²) < 4.78 is 16.9. The normalized spacial score (nSPS) is 23.2. The minimum atomic E-state index is -0.110. The topological polar surface area (TPSA) is 60.0 Å². The van der Waals surface area contributed by atoms with Crippen LogP contribution >= 0.6 is 11.6 Å². The molecule has 2 saturated heterocycles. The van der Waals surface area contributed by atoms with Gasteiger partial charge in [0.05, 0.1) is 25.9 Å². The van der Waals surface area contributed by atoms with E-state index >= 15 is 0 Å². The highest BCUT2D eigenvalue weighted by Crippen LogP contribution is 2.23. The largest absolute Gasteiger partial charge is 0.379 e. The number of amides is 2. The van der Waals surface area contributed by atoms with Gasteiger partial charge in [-0.25, -0.2) is 4.79 Å². The Bertz CT molecular complexity index is 563. The van der Waals surface area contributed by atoms with E-state index in [4.69, 9.17) is 25.8 Å². The van der Waals surface area contributed by atoms with E-state index in [1.807, 2.05) is 24.3 Å². The van der Waals surface area contributed by atoms with Crippen molar-refractivity contribution in [1.82, 2.24) is 10.2 Å². The second kappa shape index (κ2) is 10.1. The van der Waals surface area contributed by atoms with Crippen LogP contribution in [0.15, 0.2) is 24.3 Å². The van der Waals surface area contributed by atoms with Gasteiger partial charge >= 0.3 is 6.03 Å². The first kappa shape index (κ1) is 19.4. The van der Waals surface area contributed by atoms with Crippen LogP contribution in [0.25, 0.3) is 0 Å². The summed E-state index contributed by atoms with van der Waals surface area (Å²) >= 11 is 5.93. The van der Waals surface area contributed by atoms with Crippen molar-refractivity contribution < 1.29 is 19.0 Å². The Kier molecular flexibility index (Phi) is 7.55. The molecule has 1 N–H and O–H groups in total. The Morgan fingerprint density at radius 3 is 2.88 bits per heavy atom. The second-order valence-corrected chi connectivity index (χ2v) is 7.09. The molecule has 0 bridgehead atoms. The summed E-state index contributed by atoms with van der Waals surface area (Å²) in [6.07, 6.45) is 3.15. The molecule has 26 heavy (non-hydrogen) atoms. The van der Waals surface area contributed by atoms with Gasteiger partial charge in [-0.1, -0.05) is 23.7 Å². The van der Waals surface area contributed by atoms with Crippen LogP contribution in [-0.4, -0.2) is 63.1 Å². The van der Waals surface area contributed by atoms with E-state index in [9.17, 15) is 4.79 Å². The number of ether oxygens (including phenoxy) is 3. The molecule has 144 valence electrons. The van der Waals surface area contributed by atoms with Gasteiger partial charge < -0.3 is 24.4 Å². The number of hydrogen-bond acceptors (Lipinski definition) is 4. The number of rotatable bonds is 7. The summed E-state index contributed by atoms with van der Waals surface area (Å²) in [5.74, 6) is 0. The molecule has 0 spiro atoms. The Morgan fingerprint density at radius 2 is 2.12 bits per heavy atom. The number of nitrogens with one attached hydrogen (secondary N) is 1. The van der Waals surface area contributed by atoms with Crippen molar-refractivity contribution >= 4 is 17.6 Å². The summed E-state index contributed by atoms with van der Waals surface area (Å²) in [5, 5.41) is 3.66. The van der Waals surface area contributed by atoms with E-state index < -0.39 is 0 Å². The van der Waals surface area contributed by atoms with Gasteiger partial charge in [0.2, 0.25) is 0 Å². The average molecular weight is 383 g/mol. The van der Waals surface area contributed by atoms with Crippen molar-refractivity contribution in [2.75, 3.05) is 46.1 Å². The number of urea groups is 1. The van der Waals surface area contributed by atoms with Crippen molar-refractivity contribution in [3.8, 4) is 0 Å². The van der Waals surface area contributed by atoms with E-state index in [1.165, 1.54) is 0 Å². The van der Waals surface area contributed by atoms with Crippen molar-refractivity contribution in [2.45, 2.75) is 31.5 Å². The molecule has 0 aromatic heterocycles. The van der Waals surface area contributed by atoms with Gasteiger partial charge in [-0.05, 0) is 37.0 Å². The van der Waals surface area contributed by atoms with E-state index in [0.717, 1.165) is 31.4 Å². The molecule has 0 saturated carbocycles. The summed E-state index contributed by atoms with van der Waals surface area (Å²) in [6, 6.07) is 7.53. The molecular weight excluding hydrogens is 356 g/mol. The molecule has 2 fully saturated rings. The molecule has 1 aromatic carbocycles. The number of carbonyl (C=O) groups excluding carboxylic acids is 1. The second-order valence-electron chi connectivity index (χ2n) is 6.65. The third-order valence-corrected chi connectivity index (χ3v) is 4.92. The standard InChI is InChI=1S/C19H27ClN2O4/c20-16-6-4-15(5-7-16)18-13-22(9-12-26-18)19(23)21-8-2-10-24-14-17-3-1-11-25-17/h4-7,17-18H,1-3,8-14H2,(H,21,23)/t17-,18-/m0/s1. The molecule has 2 aliphatic rings. The van der Waals surface area contributed by atoms with Crippen LogP contribution in [0.4, 0.5) is 4.79 Å². The SMILES string of the molecule is O=C(NCCCOC[C@@H]1CCCO1)N1CCO[C@H](c2ccc(Cl)cc2)C1. The highest BCUT2D eigenvalue weighted by molar-refractivity contribution is 6.30. The zero-order chi connectivity index (χ0) is 18.2. The zero-order valence-electron chi connectivity index (χ0n) is 15.0. The molecule has 2 heterocycles. The van der Waals surface area contributed by atoms with E-state index in [2.05, 4.69) is 5.32 Å². The molecule has 1 aromatic rings. The third-order valence-electron chi connectivity index (χ3n) is 4.66. The molecule has 2 amide bonds. The quantitative estimate of drug-likeness (QED) is 0.736. The maximum Gasteiger partial charge on any atom is 0.317 e. The fraction of sp³-hybridized carbons (Fsp3) is 0.632. The maximum atomic E-state index is 12.3. The van der Waals surface area contributed by atoms with Gasteiger partial charge in [0, 0.05) is 31.3 Å². The molecule has 6 nitrogen and oxygen atoms in total. The number of nitrogens with zero attached hydrogens (tertiary/aromatic N) is 1. The molecule has 3 rings (SSSR count). The Hall–Kier alpha value is -1.34. The lowest BCUT2D eigenvalue weighted by Gasteiger charge is -2.33. The lowest BCUT2D eigenvalue weighted by molar-refractivity contribution is -0.0155. The molecule has 0 unspecified atom stereocenters. The Labute approximate surface area is 159 Å². The van der Waals surface area contributed by atoms with Crippen LogP contribution in [0, 0.1) is 0 Å². The van der Waals surface area contributed by atoms with Crippen molar-refractivity contribution in [2.24, 2.45) is 0 Å². The molecule has 2 aliphatic heterocycles. The van der Waals surface area contributed by atoms with Gasteiger partial charge in [0.15, 0.2) is 0 Å². The van der Waals surface area contributed by atoms with Crippen LogP contribution in [0.2, 0.25) is 5.02 Å². The number of carbonyl (C=O) groups is 1. The van der Waals surface area contributed by atoms with Gasteiger partial charge in [-0.15, -0.1) is 0 Å². The van der Waals surface area contributed by atoms with Crippen LogP contribution in [0.1, 0.15) is 30.9 Å². The van der Waals surface area contributed by atoms with Gasteiger partial charge in [-0.2, -0.15) is 0 Å². The Morgan fingerprint density at radius 1 is 1.27 bits per heavy atom. The predicted octanol–water partition coefficient (Wildman–Crippen LogP) is 3.01. The average Bonchev–Trinajstić information content (AvgIpc) is 3.18. The third kappa shape index (κ3) is 5.84. The van der Waals surface area contributed by atoms with Crippen LogP contribution in [0.5, 0.6) is 0 Å². The van der Waals surface area contributed by atoms with Gasteiger partial charge in [0.1, 0.15) is 6.10 Å². The number of benzene rings is 1. The molecule has 0 radical (unpaired) electrons. The van der Waals surface area contributed by atoms with E-state index in [1.54, 1.807) is 4.90 Å².